The molecule has 1 saturated heterocycles. The molecule has 4 rings (SSSR count). The highest BCUT2D eigenvalue weighted by molar-refractivity contribution is 7.89. The van der Waals surface area contributed by atoms with Crippen LogP contribution >= 0.6 is 0 Å². The average Bonchev–Trinajstić information content (AvgIpc) is 3.28. The summed E-state index contributed by atoms with van der Waals surface area (Å²) < 4.78 is 27.7. The van der Waals surface area contributed by atoms with Gasteiger partial charge < -0.3 is 4.90 Å². The Kier molecular flexibility index (Phi) is 6.57. The number of benzene rings is 1. The number of carbonyl (C=O) groups excluding carboxylic acids is 1. The second-order valence-corrected chi connectivity index (χ2v) is 10.3. The van der Waals surface area contributed by atoms with E-state index in [-0.39, 0.29) is 22.4 Å². The molecule has 168 valence electrons. The van der Waals surface area contributed by atoms with E-state index < -0.39 is 15.9 Å². The zero-order chi connectivity index (χ0) is 21.8. The summed E-state index contributed by atoms with van der Waals surface area (Å²) >= 11 is 0. The first-order valence-corrected chi connectivity index (χ1v) is 12.5. The summed E-state index contributed by atoms with van der Waals surface area (Å²) in [5, 5.41) is 9.63. The first-order valence-electron chi connectivity index (χ1n) is 11.0. The van der Waals surface area contributed by atoms with Gasteiger partial charge in [0.15, 0.2) is 0 Å². The Morgan fingerprint density at radius 1 is 1.13 bits per heavy atom. The lowest BCUT2D eigenvalue weighted by Gasteiger charge is -2.30. The molecule has 1 saturated carbocycles. The number of hydrogen-bond donors (Lipinski definition) is 2. The Hall–Kier alpha value is -2.46. The number of amides is 1. The highest BCUT2D eigenvalue weighted by Gasteiger charge is 2.29. The average molecular weight is 447 g/mol. The number of aromatic amines is 1. The largest absolute Gasteiger partial charge is 0.340 e. The van der Waals surface area contributed by atoms with Crippen LogP contribution in [0.3, 0.4) is 0 Å². The fourth-order valence-electron chi connectivity index (χ4n) is 4.33. The molecule has 1 amide bonds. The van der Waals surface area contributed by atoms with E-state index in [9.17, 15) is 13.2 Å². The molecule has 2 aliphatic rings. The van der Waals surface area contributed by atoms with E-state index in [1.54, 1.807) is 19.2 Å². The fraction of sp³-hybridized carbons (Fsp3) is 0.571. The molecule has 0 atom stereocenters. The summed E-state index contributed by atoms with van der Waals surface area (Å²) in [5.41, 5.74) is 0.258. The van der Waals surface area contributed by atoms with Crippen molar-refractivity contribution in [2.75, 3.05) is 30.4 Å². The van der Waals surface area contributed by atoms with Crippen LogP contribution in [0.1, 0.15) is 61.7 Å². The van der Waals surface area contributed by atoms with Crippen LogP contribution < -0.4 is 10.2 Å². The van der Waals surface area contributed by atoms with E-state index in [1.165, 1.54) is 22.9 Å². The number of anilines is 2. The molecule has 2 heterocycles. The van der Waals surface area contributed by atoms with Crippen molar-refractivity contribution < 1.29 is 13.2 Å². The highest BCUT2D eigenvalue weighted by Crippen LogP contribution is 2.27. The minimum absolute atomic E-state index is 0.0126. The molecule has 1 aliphatic carbocycles. The van der Waals surface area contributed by atoms with E-state index in [1.807, 2.05) is 0 Å². The monoisotopic (exact) mass is 446 g/mol. The smallest absolute Gasteiger partial charge is 0.258 e. The summed E-state index contributed by atoms with van der Waals surface area (Å²) in [6, 6.07) is 6.16. The first kappa shape index (κ1) is 21.8. The van der Waals surface area contributed by atoms with Gasteiger partial charge in [0.05, 0.1) is 4.90 Å². The van der Waals surface area contributed by atoms with Gasteiger partial charge in [-0.05, 0) is 50.3 Å². The SMILES string of the molecule is CN(C1CCCCC1)S(=O)(=O)c1cccc(C(=O)Nc2nc(N3CCCCC3)n[nH]2)c1. The predicted molar refractivity (Wildman–Crippen MR) is 119 cm³/mol. The maximum absolute atomic E-state index is 13.1. The molecule has 1 aromatic carbocycles. The maximum atomic E-state index is 13.1. The van der Waals surface area contributed by atoms with Crippen molar-refractivity contribution in [1.82, 2.24) is 19.5 Å². The van der Waals surface area contributed by atoms with Crippen LogP contribution in [-0.4, -0.2) is 60.0 Å². The highest BCUT2D eigenvalue weighted by atomic mass is 32.2. The van der Waals surface area contributed by atoms with E-state index in [0.29, 0.717) is 5.95 Å². The van der Waals surface area contributed by atoms with Gasteiger partial charge in [0, 0.05) is 31.7 Å². The molecule has 10 heteroatoms. The van der Waals surface area contributed by atoms with Gasteiger partial charge in [0.25, 0.3) is 5.91 Å². The minimum atomic E-state index is -3.67. The number of nitrogens with zero attached hydrogens (tertiary/aromatic N) is 4. The van der Waals surface area contributed by atoms with Gasteiger partial charge >= 0.3 is 0 Å². The van der Waals surface area contributed by atoms with E-state index in [4.69, 9.17) is 0 Å². The van der Waals surface area contributed by atoms with Crippen LogP contribution in [0.2, 0.25) is 0 Å². The van der Waals surface area contributed by atoms with Gasteiger partial charge in [-0.1, -0.05) is 25.3 Å². The van der Waals surface area contributed by atoms with E-state index in [0.717, 1.165) is 58.0 Å². The summed E-state index contributed by atoms with van der Waals surface area (Å²) in [5.74, 6) is 0.386. The second kappa shape index (κ2) is 9.35. The molecule has 1 aromatic heterocycles. The number of piperidine rings is 1. The molecule has 9 nitrogen and oxygen atoms in total. The van der Waals surface area contributed by atoms with Crippen LogP contribution in [0, 0.1) is 0 Å². The fourth-order valence-corrected chi connectivity index (χ4v) is 5.79. The summed E-state index contributed by atoms with van der Waals surface area (Å²) in [6.45, 7) is 1.80. The van der Waals surface area contributed by atoms with Crippen LogP contribution in [0.4, 0.5) is 11.9 Å². The molecule has 1 aliphatic heterocycles. The second-order valence-electron chi connectivity index (χ2n) is 8.33. The predicted octanol–water partition coefficient (Wildman–Crippen LogP) is 3.00. The van der Waals surface area contributed by atoms with Gasteiger partial charge in [0.1, 0.15) is 0 Å². The molecule has 0 radical (unpaired) electrons. The summed E-state index contributed by atoms with van der Waals surface area (Å²) in [4.78, 5) is 19.3. The lowest BCUT2D eigenvalue weighted by Crippen LogP contribution is -2.38. The first-order chi connectivity index (χ1) is 14.9. The Morgan fingerprint density at radius 2 is 1.84 bits per heavy atom. The van der Waals surface area contributed by atoms with Crippen LogP contribution in [0.5, 0.6) is 0 Å². The molecule has 2 fully saturated rings. The van der Waals surface area contributed by atoms with Crippen molar-refractivity contribution in [1.29, 1.82) is 0 Å². The molecular weight excluding hydrogens is 416 g/mol. The lowest BCUT2D eigenvalue weighted by atomic mass is 9.96. The Bertz CT molecular complexity index is 1010. The molecule has 31 heavy (non-hydrogen) atoms. The Labute approximate surface area is 183 Å². The number of sulfonamides is 1. The molecule has 2 aromatic rings. The number of H-pyrrole nitrogens is 1. The summed E-state index contributed by atoms with van der Waals surface area (Å²) in [7, 11) is -2.03. The van der Waals surface area contributed by atoms with Gasteiger partial charge in [0.2, 0.25) is 21.9 Å². The number of carbonyl (C=O) groups is 1. The maximum Gasteiger partial charge on any atom is 0.258 e. The molecular formula is C21H30N6O3S. The third-order valence-corrected chi connectivity index (χ3v) is 8.11. The van der Waals surface area contributed by atoms with Crippen LogP contribution in [0.15, 0.2) is 29.2 Å². The van der Waals surface area contributed by atoms with Crippen molar-refractivity contribution >= 4 is 27.8 Å². The third kappa shape index (κ3) is 4.90. The van der Waals surface area contributed by atoms with Crippen LogP contribution in [-0.2, 0) is 10.0 Å². The van der Waals surface area contributed by atoms with Crippen molar-refractivity contribution in [3.8, 4) is 0 Å². The normalized spacial score (nSPS) is 18.3. The number of nitrogens with one attached hydrogen (secondary N) is 2. The topological polar surface area (TPSA) is 111 Å². The van der Waals surface area contributed by atoms with Gasteiger partial charge in [-0.2, -0.15) is 9.29 Å². The lowest BCUT2D eigenvalue weighted by molar-refractivity contribution is 0.102. The number of hydrogen-bond acceptors (Lipinski definition) is 6. The standard InChI is InChI=1S/C21H30N6O3S/c1-26(17-10-4-2-5-11-17)31(29,30)18-12-8-9-16(15-18)19(28)22-20-23-21(25-24-20)27-13-6-3-7-14-27/h8-9,12,15,17H,2-7,10-11,13-14H2,1H3,(H2,22,23,24,25,28). The molecule has 0 spiro atoms. The minimum Gasteiger partial charge on any atom is -0.340 e. The van der Waals surface area contributed by atoms with Crippen molar-refractivity contribution in [3.63, 3.8) is 0 Å². The van der Waals surface area contributed by atoms with Gasteiger partial charge in [-0.3, -0.25) is 10.1 Å². The molecule has 0 unspecified atom stereocenters. The van der Waals surface area contributed by atoms with Crippen molar-refractivity contribution in [2.24, 2.45) is 0 Å². The quantitative estimate of drug-likeness (QED) is 0.706. The van der Waals surface area contributed by atoms with E-state index in [2.05, 4.69) is 25.4 Å². The Balaban J connectivity index is 1.46. The van der Waals surface area contributed by atoms with Gasteiger partial charge in [-0.25, -0.2) is 13.5 Å². The van der Waals surface area contributed by atoms with Crippen molar-refractivity contribution in [3.05, 3.63) is 29.8 Å². The number of aromatic nitrogens is 3. The van der Waals surface area contributed by atoms with Crippen LogP contribution in [0.25, 0.3) is 0 Å². The van der Waals surface area contributed by atoms with E-state index >= 15 is 0 Å². The Morgan fingerprint density at radius 3 is 2.58 bits per heavy atom. The van der Waals surface area contributed by atoms with Gasteiger partial charge in [-0.15, -0.1) is 5.10 Å². The molecule has 0 bridgehead atoms. The zero-order valence-electron chi connectivity index (χ0n) is 17.9. The number of rotatable bonds is 6. The zero-order valence-corrected chi connectivity index (χ0v) is 18.7. The summed E-state index contributed by atoms with van der Waals surface area (Å²) in [6.07, 6.45) is 8.41. The molecule has 2 N–H and O–H groups in total. The third-order valence-electron chi connectivity index (χ3n) is 6.21. The van der Waals surface area contributed by atoms with Crippen molar-refractivity contribution in [2.45, 2.75) is 62.3 Å².